The maximum atomic E-state index is 14.0. The Morgan fingerprint density at radius 1 is 1.33 bits per heavy atom. The molecule has 8 heteroatoms. The number of methoxy groups -OCH3 is 1. The number of nitrogens with zero attached hydrogens (tertiary/aromatic N) is 3. The van der Waals surface area contributed by atoms with Gasteiger partial charge < -0.3 is 10.5 Å². The Hall–Kier alpha value is -1.47. The third kappa shape index (κ3) is 2.37. The summed E-state index contributed by atoms with van der Waals surface area (Å²) < 4.78 is 19.3. The molecular weight excluding hydrogens is 326 g/mol. The molecule has 1 heterocycles. The standard InChI is InChI=1S/C10H7BrClFN4O/c1-18-10-16-8(15-9(14)17-10)4-2-3-5(11)6(12)7(4)13/h2-3H,1H3,(H2,14,15,16,17). The average molecular weight is 334 g/mol. The number of nitrogen functional groups attached to an aromatic ring is 1. The van der Waals surface area contributed by atoms with Crippen LogP contribution in [0, 0.1) is 5.82 Å². The third-order valence-electron chi connectivity index (χ3n) is 2.09. The fourth-order valence-corrected chi connectivity index (χ4v) is 1.75. The molecule has 2 aromatic rings. The summed E-state index contributed by atoms with van der Waals surface area (Å²) in [5.41, 5.74) is 5.60. The molecular formula is C10H7BrClFN4O. The molecule has 5 nitrogen and oxygen atoms in total. The Balaban J connectivity index is 2.62. The Kier molecular flexibility index (Phi) is 3.63. The minimum absolute atomic E-state index is 0.0101. The van der Waals surface area contributed by atoms with Crippen LogP contribution in [-0.2, 0) is 0 Å². The van der Waals surface area contributed by atoms with Crippen molar-refractivity contribution in [2.45, 2.75) is 0 Å². The Bertz CT molecular complexity index is 611. The van der Waals surface area contributed by atoms with Crippen LogP contribution in [0.15, 0.2) is 16.6 Å². The second kappa shape index (κ2) is 5.03. The zero-order chi connectivity index (χ0) is 13.3. The molecule has 0 bridgehead atoms. The molecule has 0 radical (unpaired) electrons. The lowest BCUT2D eigenvalue weighted by atomic mass is 10.2. The molecule has 0 spiro atoms. The minimum atomic E-state index is -0.640. The SMILES string of the molecule is COc1nc(N)nc(-c2ccc(Br)c(Cl)c2F)n1. The monoisotopic (exact) mass is 332 g/mol. The van der Waals surface area contributed by atoms with Crippen LogP contribution in [-0.4, -0.2) is 22.1 Å². The highest BCUT2D eigenvalue weighted by Gasteiger charge is 2.15. The Morgan fingerprint density at radius 2 is 2.06 bits per heavy atom. The fourth-order valence-electron chi connectivity index (χ4n) is 1.28. The minimum Gasteiger partial charge on any atom is -0.467 e. The number of anilines is 1. The van der Waals surface area contributed by atoms with Gasteiger partial charge in [0.05, 0.1) is 17.7 Å². The number of hydrogen-bond donors (Lipinski definition) is 1. The predicted molar refractivity (Wildman–Crippen MR) is 68.9 cm³/mol. The summed E-state index contributed by atoms with van der Waals surface area (Å²) in [6, 6.07) is 3.09. The lowest BCUT2D eigenvalue weighted by molar-refractivity contribution is 0.379. The van der Waals surface area contributed by atoms with Gasteiger partial charge in [0.15, 0.2) is 11.6 Å². The first-order chi connectivity index (χ1) is 8.52. The lowest BCUT2D eigenvalue weighted by Crippen LogP contribution is -2.03. The van der Waals surface area contributed by atoms with Gasteiger partial charge in [-0.2, -0.15) is 15.0 Å². The lowest BCUT2D eigenvalue weighted by Gasteiger charge is -2.06. The van der Waals surface area contributed by atoms with E-state index in [1.54, 1.807) is 6.07 Å². The largest absolute Gasteiger partial charge is 0.467 e. The van der Waals surface area contributed by atoms with Gasteiger partial charge in [0.1, 0.15) is 0 Å². The first-order valence-corrected chi connectivity index (χ1v) is 5.89. The van der Waals surface area contributed by atoms with Crippen LogP contribution < -0.4 is 10.5 Å². The summed E-state index contributed by atoms with van der Waals surface area (Å²) >= 11 is 8.91. The number of hydrogen-bond acceptors (Lipinski definition) is 5. The molecule has 94 valence electrons. The van der Waals surface area contributed by atoms with Crippen molar-refractivity contribution in [2.75, 3.05) is 12.8 Å². The normalized spacial score (nSPS) is 10.4. The van der Waals surface area contributed by atoms with E-state index in [2.05, 4.69) is 30.9 Å². The second-order valence-electron chi connectivity index (χ2n) is 3.23. The summed E-state index contributed by atoms with van der Waals surface area (Å²) in [6.45, 7) is 0. The molecule has 18 heavy (non-hydrogen) atoms. The molecule has 0 aliphatic heterocycles. The molecule has 1 aromatic carbocycles. The second-order valence-corrected chi connectivity index (χ2v) is 4.46. The van der Waals surface area contributed by atoms with Gasteiger partial charge in [0.25, 0.3) is 0 Å². The summed E-state index contributed by atoms with van der Waals surface area (Å²) in [7, 11) is 1.38. The van der Waals surface area contributed by atoms with E-state index < -0.39 is 5.82 Å². The van der Waals surface area contributed by atoms with Gasteiger partial charge in [-0.05, 0) is 28.1 Å². The van der Waals surface area contributed by atoms with E-state index in [1.165, 1.54) is 13.2 Å². The maximum absolute atomic E-state index is 14.0. The molecule has 0 aliphatic rings. The van der Waals surface area contributed by atoms with Crippen molar-refractivity contribution < 1.29 is 9.13 Å². The fraction of sp³-hybridized carbons (Fsp3) is 0.100. The van der Waals surface area contributed by atoms with E-state index in [4.69, 9.17) is 22.1 Å². The van der Waals surface area contributed by atoms with Gasteiger partial charge in [0, 0.05) is 4.47 Å². The van der Waals surface area contributed by atoms with Crippen molar-refractivity contribution in [3.8, 4) is 17.4 Å². The number of rotatable bonds is 2. The van der Waals surface area contributed by atoms with Crippen LogP contribution >= 0.6 is 27.5 Å². The Morgan fingerprint density at radius 3 is 2.72 bits per heavy atom. The topological polar surface area (TPSA) is 73.9 Å². The third-order valence-corrected chi connectivity index (χ3v) is 3.35. The number of ether oxygens (including phenoxy) is 1. The van der Waals surface area contributed by atoms with Gasteiger partial charge in [0.2, 0.25) is 5.95 Å². The van der Waals surface area contributed by atoms with E-state index in [1.807, 2.05) is 0 Å². The van der Waals surface area contributed by atoms with Crippen LogP contribution in [0.4, 0.5) is 10.3 Å². The van der Waals surface area contributed by atoms with Crippen molar-refractivity contribution in [3.63, 3.8) is 0 Å². The predicted octanol–water partition coefficient (Wildman–Crippen LogP) is 2.68. The Labute approximate surface area is 115 Å². The van der Waals surface area contributed by atoms with E-state index in [9.17, 15) is 4.39 Å². The van der Waals surface area contributed by atoms with Crippen LogP contribution in [0.25, 0.3) is 11.4 Å². The number of nitrogens with two attached hydrogens (primary N) is 1. The highest BCUT2D eigenvalue weighted by molar-refractivity contribution is 9.10. The summed E-state index contributed by atoms with van der Waals surface area (Å²) in [5.74, 6) is -0.639. The van der Waals surface area contributed by atoms with Crippen molar-refractivity contribution in [2.24, 2.45) is 0 Å². The number of aromatic nitrogens is 3. The molecule has 2 N–H and O–H groups in total. The van der Waals surface area contributed by atoms with Gasteiger partial charge in [-0.25, -0.2) is 4.39 Å². The smallest absolute Gasteiger partial charge is 0.321 e. The van der Waals surface area contributed by atoms with E-state index in [-0.39, 0.29) is 28.4 Å². The molecule has 0 amide bonds. The van der Waals surface area contributed by atoms with Crippen molar-refractivity contribution in [1.29, 1.82) is 0 Å². The first kappa shape index (κ1) is 13.0. The molecule has 0 aliphatic carbocycles. The highest BCUT2D eigenvalue weighted by Crippen LogP contribution is 2.32. The van der Waals surface area contributed by atoms with Gasteiger partial charge in [-0.15, -0.1) is 0 Å². The van der Waals surface area contributed by atoms with E-state index >= 15 is 0 Å². The molecule has 1 aromatic heterocycles. The molecule has 0 unspecified atom stereocenters. The quantitative estimate of drug-likeness (QED) is 0.855. The zero-order valence-electron chi connectivity index (χ0n) is 9.12. The summed E-state index contributed by atoms with van der Waals surface area (Å²) in [6.07, 6.45) is 0. The van der Waals surface area contributed by atoms with Crippen molar-refractivity contribution in [3.05, 3.63) is 27.4 Å². The van der Waals surface area contributed by atoms with Crippen molar-refractivity contribution in [1.82, 2.24) is 15.0 Å². The highest BCUT2D eigenvalue weighted by atomic mass is 79.9. The van der Waals surface area contributed by atoms with Gasteiger partial charge >= 0.3 is 6.01 Å². The van der Waals surface area contributed by atoms with Gasteiger partial charge in [-0.3, -0.25) is 0 Å². The molecule has 0 atom stereocenters. The van der Waals surface area contributed by atoms with Crippen LogP contribution in [0.2, 0.25) is 5.02 Å². The summed E-state index contributed by atoms with van der Waals surface area (Å²) in [5, 5.41) is -0.0505. The van der Waals surface area contributed by atoms with Crippen LogP contribution in [0.3, 0.4) is 0 Å². The number of benzene rings is 1. The van der Waals surface area contributed by atoms with Crippen molar-refractivity contribution >= 4 is 33.5 Å². The zero-order valence-corrected chi connectivity index (χ0v) is 11.5. The molecule has 2 rings (SSSR count). The average Bonchev–Trinajstić information content (AvgIpc) is 2.35. The van der Waals surface area contributed by atoms with E-state index in [0.29, 0.717) is 4.47 Å². The molecule has 0 saturated carbocycles. The molecule has 0 saturated heterocycles. The van der Waals surface area contributed by atoms with Crippen LogP contribution in [0.1, 0.15) is 0 Å². The summed E-state index contributed by atoms with van der Waals surface area (Å²) in [4.78, 5) is 11.5. The maximum Gasteiger partial charge on any atom is 0.321 e. The van der Waals surface area contributed by atoms with E-state index in [0.717, 1.165) is 0 Å². The van der Waals surface area contributed by atoms with Crippen LogP contribution in [0.5, 0.6) is 6.01 Å². The first-order valence-electron chi connectivity index (χ1n) is 4.72. The molecule has 0 fully saturated rings. The van der Waals surface area contributed by atoms with Gasteiger partial charge in [-0.1, -0.05) is 11.6 Å². The number of halogens is 3.